The summed E-state index contributed by atoms with van der Waals surface area (Å²) < 4.78 is 5.96. The van der Waals surface area contributed by atoms with E-state index in [1.54, 1.807) is 0 Å². The molecule has 43 heavy (non-hydrogen) atoms. The quantitative estimate of drug-likeness (QED) is 0.122. The van der Waals surface area contributed by atoms with Gasteiger partial charge in [-0.15, -0.1) is 0 Å². The van der Waals surface area contributed by atoms with Crippen LogP contribution in [0.3, 0.4) is 0 Å². The molecule has 5 nitrogen and oxygen atoms in total. The lowest BCUT2D eigenvalue weighted by Gasteiger charge is -2.26. The second-order valence-corrected chi connectivity index (χ2v) is 11.7. The number of carboxylic acids is 1. The molecule has 0 spiro atoms. The number of nitrogens with zero attached hydrogens (tertiary/aromatic N) is 1. The third-order valence-electron chi connectivity index (χ3n) is 8.66. The van der Waals surface area contributed by atoms with Crippen molar-refractivity contribution in [3.63, 3.8) is 0 Å². The van der Waals surface area contributed by atoms with Gasteiger partial charge in [-0.1, -0.05) is 89.1 Å². The molecule has 2 aromatic carbocycles. The summed E-state index contributed by atoms with van der Waals surface area (Å²) in [5.74, 6) is -0.717. The summed E-state index contributed by atoms with van der Waals surface area (Å²) in [6, 6.07) is 23.2. The highest BCUT2D eigenvalue weighted by atomic mass is 16.5. The number of anilines is 1. The molecule has 0 saturated carbocycles. The van der Waals surface area contributed by atoms with E-state index in [0.29, 0.717) is 32.4 Å². The van der Waals surface area contributed by atoms with Gasteiger partial charge in [-0.05, 0) is 92.3 Å². The first-order valence-electron chi connectivity index (χ1n) is 16.3. The Morgan fingerprint density at radius 2 is 1.56 bits per heavy atom. The number of aryl methyl sites for hydroxylation is 2. The lowest BCUT2D eigenvalue weighted by molar-refractivity contribution is -0.149. The molecular weight excluding hydrogens is 532 g/mol. The number of carbonyl (C=O) groups is 1. The fourth-order valence-corrected chi connectivity index (χ4v) is 5.49. The van der Waals surface area contributed by atoms with E-state index in [0.717, 1.165) is 54.1 Å². The van der Waals surface area contributed by atoms with Crippen LogP contribution < -0.4 is 5.32 Å². The molecule has 0 unspecified atom stereocenters. The number of rotatable bonds is 21. The van der Waals surface area contributed by atoms with E-state index in [4.69, 9.17) is 9.72 Å². The Hall–Kier alpha value is -3.44. The van der Waals surface area contributed by atoms with Crippen LogP contribution in [-0.2, 0) is 29.0 Å². The number of hydrogen-bond donors (Lipinski definition) is 2. The highest BCUT2D eigenvalue weighted by Gasteiger charge is 2.34. The first-order valence-corrected chi connectivity index (χ1v) is 16.3. The summed E-state index contributed by atoms with van der Waals surface area (Å²) in [5, 5.41) is 13.1. The van der Waals surface area contributed by atoms with Crippen LogP contribution >= 0.6 is 0 Å². The maximum absolute atomic E-state index is 11.8. The Labute approximate surface area is 259 Å². The van der Waals surface area contributed by atoms with Crippen LogP contribution in [0.15, 0.2) is 73.3 Å². The molecule has 5 heteroatoms. The van der Waals surface area contributed by atoms with Crippen molar-refractivity contribution in [2.24, 2.45) is 5.41 Å². The summed E-state index contributed by atoms with van der Waals surface area (Å²) in [6.45, 7) is 12.3. The zero-order valence-electron chi connectivity index (χ0n) is 26.7. The summed E-state index contributed by atoms with van der Waals surface area (Å²) >= 11 is 0. The van der Waals surface area contributed by atoms with Gasteiger partial charge in [0.15, 0.2) is 0 Å². The molecular formula is C38H52N2O3. The van der Waals surface area contributed by atoms with Crippen molar-refractivity contribution < 1.29 is 14.6 Å². The Kier molecular flexibility index (Phi) is 14.5. The number of pyridine rings is 1. The highest BCUT2D eigenvalue weighted by molar-refractivity contribution is 5.78. The van der Waals surface area contributed by atoms with Crippen molar-refractivity contribution in [1.82, 2.24) is 4.98 Å². The average Bonchev–Trinajstić information content (AvgIpc) is 3.03. The van der Waals surface area contributed by atoms with E-state index in [-0.39, 0.29) is 0 Å². The zero-order chi connectivity index (χ0) is 30.9. The largest absolute Gasteiger partial charge is 0.481 e. The number of carboxylic acid groups (broad SMARTS) is 1. The third-order valence-corrected chi connectivity index (χ3v) is 8.66. The van der Waals surface area contributed by atoms with Gasteiger partial charge in [0.05, 0.1) is 23.4 Å². The number of ether oxygens (including phenoxy) is 1. The molecule has 3 rings (SSSR count). The van der Waals surface area contributed by atoms with E-state index < -0.39 is 11.4 Å². The molecule has 0 fully saturated rings. The minimum absolute atomic E-state index is 0.482. The second kappa shape index (κ2) is 18.3. The maximum Gasteiger partial charge on any atom is 0.309 e. The van der Waals surface area contributed by atoms with Gasteiger partial charge in [0.1, 0.15) is 0 Å². The fraction of sp³-hybridized carbons (Fsp3) is 0.474. The van der Waals surface area contributed by atoms with Gasteiger partial charge in [0, 0.05) is 24.4 Å². The number of unbranched alkanes of at least 4 members (excludes halogenated alkanes) is 4. The molecule has 0 radical (unpaired) electrons. The van der Waals surface area contributed by atoms with Gasteiger partial charge in [0.2, 0.25) is 0 Å². The van der Waals surface area contributed by atoms with Crippen molar-refractivity contribution in [2.45, 2.75) is 98.0 Å². The molecule has 232 valence electrons. The van der Waals surface area contributed by atoms with Crippen molar-refractivity contribution in [1.29, 1.82) is 0 Å². The second-order valence-electron chi connectivity index (χ2n) is 11.7. The van der Waals surface area contributed by atoms with Gasteiger partial charge in [-0.2, -0.15) is 0 Å². The van der Waals surface area contributed by atoms with Crippen molar-refractivity contribution >= 4 is 17.2 Å². The fourth-order valence-electron chi connectivity index (χ4n) is 5.49. The van der Waals surface area contributed by atoms with E-state index >= 15 is 0 Å². The Bertz CT molecular complexity index is 1260. The van der Waals surface area contributed by atoms with Gasteiger partial charge in [0.25, 0.3) is 0 Å². The van der Waals surface area contributed by atoms with Crippen LogP contribution in [0.1, 0.15) is 107 Å². The summed E-state index contributed by atoms with van der Waals surface area (Å²) in [4.78, 5) is 16.6. The topological polar surface area (TPSA) is 71.5 Å². The minimum Gasteiger partial charge on any atom is -0.481 e. The number of nitrogens with one attached hydrogen (secondary N) is 1. The minimum atomic E-state index is -0.717. The van der Waals surface area contributed by atoms with E-state index in [2.05, 4.69) is 49.2 Å². The van der Waals surface area contributed by atoms with E-state index in [1.165, 1.54) is 43.2 Å². The SMILES string of the molecule is C=C(c1cccc(NCCC(CC)(CC)C(=O)O)c1)c1cccc(COCCCCc2ccc(CCCCCC)cc2)n1. The highest BCUT2D eigenvalue weighted by Crippen LogP contribution is 2.31. The Morgan fingerprint density at radius 1 is 0.884 bits per heavy atom. The Balaban J connectivity index is 1.41. The normalized spacial score (nSPS) is 11.4. The van der Waals surface area contributed by atoms with Gasteiger partial charge < -0.3 is 15.2 Å². The van der Waals surface area contributed by atoms with Gasteiger partial charge in [-0.25, -0.2) is 0 Å². The average molecular weight is 585 g/mol. The van der Waals surface area contributed by atoms with Crippen LogP contribution in [0, 0.1) is 5.41 Å². The lowest BCUT2D eigenvalue weighted by atomic mass is 9.79. The molecule has 3 aromatic rings. The van der Waals surface area contributed by atoms with Crippen molar-refractivity contribution in [3.05, 3.63) is 101 Å². The van der Waals surface area contributed by atoms with Crippen LogP contribution in [0.2, 0.25) is 0 Å². The zero-order valence-corrected chi connectivity index (χ0v) is 26.7. The smallest absolute Gasteiger partial charge is 0.309 e. The molecule has 0 aliphatic carbocycles. The summed E-state index contributed by atoms with van der Waals surface area (Å²) in [6.07, 6.45) is 11.5. The van der Waals surface area contributed by atoms with Gasteiger partial charge in [-0.3, -0.25) is 9.78 Å². The molecule has 0 aliphatic heterocycles. The number of hydrogen-bond acceptors (Lipinski definition) is 4. The van der Waals surface area contributed by atoms with Crippen LogP contribution in [-0.4, -0.2) is 29.2 Å². The predicted octanol–water partition coefficient (Wildman–Crippen LogP) is 9.50. The van der Waals surface area contributed by atoms with Crippen LogP contribution in [0.4, 0.5) is 5.69 Å². The van der Waals surface area contributed by atoms with Crippen LogP contribution in [0.5, 0.6) is 0 Å². The first kappa shape index (κ1) is 34.1. The molecule has 0 atom stereocenters. The monoisotopic (exact) mass is 584 g/mol. The molecule has 1 aromatic heterocycles. The van der Waals surface area contributed by atoms with Crippen molar-refractivity contribution in [2.75, 3.05) is 18.5 Å². The molecule has 2 N–H and O–H groups in total. The first-order chi connectivity index (χ1) is 20.9. The number of benzene rings is 2. The van der Waals surface area contributed by atoms with Gasteiger partial charge >= 0.3 is 5.97 Å². The molecule has 1 heterocycles. The lowest BCUT2D eigenvalue weighted by Crippen LogP contribution is -2.31. The molecule has 0 bridgehead atoms. The van der Waals surface area contributed by atoms with E-state index in [9.17, 15) is 9.90 Å². The predicted molar refractivity (Wildman–Crippen MR) is 179 cm³/mol. The summed E-state index contributed by atoms with van der Waals surface area (Å²) in [5.41, 5.74) is 6.67. The number of aliphatic carboxylic acids is 1. The number of aromatic nitrogens is 1. The summed E-state index contributed by atoms with van der Waals surface area (Å²) in [7, 11) is 0. The third kappa shape index (κ3) is 11.0. The van der Waals surface area contributed by atoms with E-state index in [1.807, 2.05) is 50.2 Å². The Morgan fingerprint density at radius 3 is 2.21 bits per heavy atom. The molecule has 0 aliphatic rings. The standard InChI is InChI=1S/C38H52N2O3/c1-5-8-9-10-15-31-21-23-32(24-22-31)16-11-12-27-43-29-35-19-14-20-36(40-35)30(4)33-17-13-18-34(28-33)39-26-25-38(6-2,7-3)37(41)42/h13-14,17-24,28,39H,4-12,15-16,25-27,29H2,1-3H3,(H,41,42). The van der Waals surface area contributed by atoms with Crippen LogP contribution in [0.25, 0.3) is 5.57 Å². The molecule has 0 amide bonds. The molecule has 0 saturated heterocycles. The maximum atomic E-state index is 11.8. The van der Waals surface area contributed by atoms with Crippen molar-refractivity contribution in [3.8, 4) is 0 Å².